The van der Waals surface area contributed by atoms with Crippen LogP contribution in [0.25, 0.3) is 5.57 Å². The minimum atomic E-state index is 0.102. The first-order valence-corrected chi connectivity index (χ1v) is 7.13. The lowest BCUT2D eigenvalue weighted by atomic mass is 9.91. The fraction of sp³-hybridized carbons (Fsp3) is 0.294. The third-order valence-corrected chi connectivity index (χ3v) is 3.86. The highest BCUT2D eigenvalue weighted by molar-refractivity contribution is 6.35. The molecule has 102 valence electrons. The van der Waals surface area contributed by atoms with Crippen molar-refractivity contribution in [3.8, 4) is 0 Å². The molecule has 0 fully saturated rings. The average molecular weight is 266 g/mol. The molecule has 3 rings (SSSR count). The molecule has 0 N–H and O–H groups in total. The summed E-state index contributed by atoms with van der Waals surface area (Å²) in [4.78, 5) is 19.2. The topological polar surface area (TPSA) is 32.7 Å². The van der Waals surface area contributed by atoms with Gasteiger partial charge in [0.25, 0.3) is 5.91 Å². The van der Waals surface area contributed by atoms with E-state index in [0.717, 1.165) is 47.6 Å². The highest BCUT2D eigenvalue weighted by Gasteiger charge is 2.28. The zero-order valence-corrected chi connectivity index (χ0v) is 11.9. The van der Waals surface area contributed by atoms with E-state index in [2.05, 4.69) is 11.1 Å². The number of aliphatic imine (C=N–C) groups is 1. The normalized spacial score (nSPS) is 15.8. The Morgan fingerprint density at radius 3 is 2.75 bits per heavy atom. The Labute approximate surface area is 119 Å². The third-order valence-electron chi connectivity index (χ3n) is 3.86. The maximum absolute atomic E-state index is 12.7. The third kappa shape index (κ3) is 1.90. The Balaban J connectivity index is 2.12. The van der Waals surface area contributed by atoms with Crippen LogP contribution in [0.2, 0.25) is 0 Å². The van der Waals surface area contributed by atoms with Gasteiger partial charge in [-0.1, -0.05) is 30.4 Å². The average Bonchev–Trinajstić information content (AvgIpc) is 2.86. The molecule has 1 aromatic rings. The largest absolute Gasteiger partial charge is 0.339 e. The Morgan fingerprint density at radius 1 is 1.25 bits per heavy atom. The van der Waals surface area contributed by atoms with Crippen molar-refractivity contribution in [1.82, 2.24) is 4.90 Å². The summed E-state index contributed by atoms with van der Waals surface area (Å²) in [6.45, 7) is 5.48. The van der Waals surface area contributed by atoms with Gasteiger partial charge in [0.1, 0.15) is 0 Å². The van der Waals surface area contributed by atoms with Crippen molar-refractivity contribution in [3.05, 3.63) is 47.6 Å². The second-order valence-electron chi connectivity index (χ2n) is 4.95. The van der Waals surface area contributed by atoms with Crippen molar-refractivity contribution in [2.75, 3.05) is 13.1 Å². The standard InChI is InChI=1S/C17H18N2O/c1-3-19(4-2)17(20)13-9-7-11-15-16(13)12-8-5-6-10-14(12)18-15/h5-10H,3-4,11H2,1-2H3. The number of carbonyl (C=O) groups is 1. The maximum atomic E-state index is 12.7. The molecule has 3 nitrogen and oxygen atoms in total. The van der Waals surface area contributed by atoms with E-state index < -0.39 is 0 Å². The maximum Gasteiger partial charge on any atom is 0.254 e. The van der Waals surface area contributed by atoms with Gasteiger partial charge < -0.3 is 4.90 Å². The monoisotopic (exact) mass is 266 g/mol. The van der Waals surface area contributed by atoms with E-state index in [0.29, 0.717) is 0 Å². The van der Waals surface area contributed by atoms with Gasteiger partial charge in [0.2, 0.25) is 0 Å². The fourth-order valence-electron chi connectivity index (χ4n) is 2.82. The Morgan fingerprint density at radius 2 is 2.00 bits per heavy atom. The van der Waals surface area contributed by atoms with E-state index in [-0.39, 0.29) is 5.91 Å². The Hall–Kier alpha value is -2.16. The summed E-state index contributed by atoms with van der Waals surface area (Å²) >= 11 is 0. The molecule has 0 atom stereocenters. The van der Waals surface area contributed by atoms with Gasteiger partial charge in [-0.2, -0.15) is 0 Å². The molecule has 0 spiro atoms. The predicted molar refractivity (Wildman–Crippen MR) is 82.1 cm³/mol. The minimum Gasteiger partial charge on any atom is -0.339 e. The van der Waals surface area contributed by atoms with Gasteiger partial charge in [0.05, 0.1) is 11.4 Å². The van der Waals surface area contributed by atoms with Crippen LogP contribution in [0.4, 0.5) is 5.69 Å². The number of hydrogen-bond acceptors (Lipinski definition) is 2. The lowest BCUT2D eigenvalue weighted by molar-refractivity contribution is -0.126. The summed E-state index contributed by atoms with van der Waals surface area (Å²) in [6, 6.07) is 8.05. The van der Waals surface area contributed by atoms with E-state index in [4.69, 9.17) is 0 Å². The molecule has 0 saturated carbocycles. The number of benzene rings is 1. The first-order valence-electron chi connectivity index (χ1n) is 7.13. The van der Waals surface area contributed by atoms with Crippen LogP contribution in [0.5, 0.6) is 0 Å². The first kappa shape index (κ1) is 12.9. The second-order valence-corrected chi connectivity index (χ2v) is 4.95. The molecule has 0 aromatic heterocycles. The molecule has 1 heterocycles. The molecule has 0 saturated heterocycles. The van der Waals surface area contributed by atoms with Crippen LogP contribution in [-0.2, 0) is 4.79 Å². The van der Waals surface area contributed by atoms with Gasteiger partial charge in [-0.3, -0.25) is 9.79 Å². The van der Waals surface area contributed by atoms with Crippen LogP contribution in [-0.4, -0.2) is 29.6 Å². The van der Waals surface area contributed by atoms with E-state index in [9.17, 15) is 4.79 Å². The van der Waals surface area contributed by atoms with Gasteiger partial charge >= 0.3 is 0 Å². The van der Waals surface area contributed by atoms with E-state index in [1.54, 1.807) is 0 Å². The molecule has 0 bridgehead atoms. The van der Waals surface area contributed by atoms with Gasteiger partial charge in [0, 0.05) is 36.2 Å². The number of nitrogens with zero attached hydrogens (tertiary/aromatic N) is 2. The molecule has 0 unspecified atom stereocenters. The smallest absolute Gasteiger partial charge is 0.254 e. The van der Waals surface area contributed by atoms with E-state index in [1.165, 1.54) is 0 Å². The predicted octanol–water partition coefficient (Wildman–Crippen LogP) is 3.35. The van der Waals surface area contributed by atoms with Crippen LogP contribution >= 0.6 is 0 Å². The summed E-state index contributed by atoms with van der Waals surface area (Å²) in [6.07, 6.45) is 4.79. The van der Waals surface area contributed by atoms with Gasteiger partial charge in [-0.15, -0.1) is 0 Å². The van der Waals surface area contributed by atoms with Gasteiger partial charge in [0.15, 0.2) is 0 Å². The minimum absolute atomic E-state index is 0.102. The zero-order valence-electron chi connectivity index (χ0n) is 11.9. The molecule has 3 heteroatoms. The highest BCUT2D eigenvalue weighted by atomic mass is 16.2. The molecular weight excluding hydrogens is 248 g/mol. The van der Waals surface area contributed by atoms with Crippen molar-refractivity contribution in [2.45, 2.75) is 20.3 Å². The fourth-order valence-corrected chi connectivity index (χ4v) is 2.82. The summed E-state index contributed by atoms with van der Waals surface area (Å²) in [7, 11) is 0. The quantitative estimate of drug-likeness (QED) is 0.825. The second kappa shape index (κ2) is 5.08. The Bertz CT molecular complexity index is 649. The van der Waals surface area contributed by atoms with Crippen LogP contribution in [0.3, 0.4) is 0 Å². The van der Waals surface area contributed by atoms with E-state index in [1.807, 2.05) is 49.1 Å². The zero-order chi connectivity index (χ0) is 14.1. The van der Waals surface area contributed by atoms with Crippen LogP contribution in [0, 0.1) is 0 Å². The number of hydrogen-bond donors (Lipinski definition) is 0. The highest BCUT2D eigenvalue weighted by Crippen LogP contribution is 2.39. The summed E-state index contributed by atoms with van der Waals surface area (Å²) < 4.78 is 0. The van der Waals surface area contributed by atoms with Crippen LogP contribution in [0.15, 0.2) is 47.0 Å². The van der Waals surface area contributed by atoms with Crippen molar-refractivity contribution in [2.24, 2.45) is 4.99 Å². The number of amides is 1. The van der Waals surface area contributed by atoms with Crippen LogP contribution < -0.4 is 0 Å². The molecule has 2 aliphatic rings. The number of likely N-dealkylation sites (N-methyl/N-ethyl adjacent to an activating group) is 1. The number of rotatable bonds is 3. The summed E-state index contributed by atoms with van der Waals surface area (Å²) in [5.41, 5.74) is 4.89. The molecular formula is C17H18N2O. The number of para-hydroxylation sites is 1. The van der Waals surface area contributed by atoms with Crippen LogP contribution in [0.1, 0.15) is 25.8 Å². The molecule has 20 heavy (non-hydrogen) atoms. The molecule has 1 aliphatic carbocycles. The molecule has 1 aromatic carbocycles. The molecule has 0 radical (unpaired) electrons. The lowest BCUT2D eigenvalue weighted by Crippen LogP contribution is -2.32. The van der Waals surface area contributed by atoms with Crippen molar-refractivity contribution < 1.29 is 4.79 Å². The molecule has 1 amide bonds. The van der Waals surface area contributed by atoms with Crippen molar-refractivity contribution >= 4 is 22.9 Å². The number of carbonyl (C=O) groups excluding carboxylic acids is 1. The summed E-state index contributed by atoms with van der Waals surface area (Å²) in [5.74, 6) is 0.102. The first-order chi connectivity index (χ1) is 9.76. The van der Waals surface area contributed by atoms with Crippen molar-refractivity contribution in [3.63, 3.8) is 0 Å². The van der Waals surface area contributed by atoms with E-state index >= 15 is 0 Å². The number of fused-ring (bicyclic) bond motifs is 3. The lowest BCUT2D eigenvalue weighted by Gasteiger charge is -2.22. The molecule has 1 aliphatic heterocycles. The number of allylic oxidation sites excluding steroid dienone is 2. The van der Waals surface area contributed by atoms with Crippen molar-refractivity contribution in [1.29, 1.82) is 0 Å². The summed E-state index contributed by atoms with van der Waals surface area (Å²) in [5, 5.41) is 0. The van der Waals surface area contributed by atoms with Gasteiger partial charge in [-0.25, -0.2) is 0 Å². The Kier molecular flexibility index (Phi) is 3.26. The van der Waals surface area contributed by atoms with Gasteiger partial charge in [-0.05, 0) is 19.9 Å². The SMILES string of the molecule is CCN(CC)C(=O)C1=C2C(=Nc3ccccc32)CC=C1.